The minimum Gasteiger partial charge on any atom is -0.399 e. The lowest BCUT2D eigenvalue weighted by molar-refractivity contribution is -0.0957. The summed E-state index contributed by atoms with van der Waals surface area (Å²) in [6, 6.07) is 4.43. The standard InChI is InChI=1S/C13H14F3N3O/c14-13(15,16)9-1-3-19(4-2-9)12(20)8-5-10(17)7-11(18)6-8/h1,5-7H,2-4,17-18H2. The normalized spacial score (nSPS) is 15.9. The fourth-order valence-corrected chi connectivity index (χ4v) is 2.09. The van der Waals surface area contributed by atoms with Crippen LogP contribution in [0.4, 0.5) is 24.5 Å². The quantitative estimate of drug-likeness (QED) is 0.613. The zero-order valence-corrected chi connectivity index (χ0v) is 10.6. The molecule has 1 aliphatic heterocycles. The molecule has 0 aliphatic carbocycles. The Kier molecular flexibility index (Phi) is 3.61. The summed E-state index contributed by atoms with van der Waals surface area (Å²) in [5.74, 6) is -0.374. The maximum absolute atomic E-state index is 12.5. The number of nitrogens with two attached hydrogens (primary N) is 2. The Labute approximate surface area is 113 Å². The number of rotatable bonds is 1. The monoisotopic (exact) mass is 285 g/mol. The molecule has 108 valence electrons. The molecule has 0 aromatic heterocycles. The van der Waals surface area contributed by atoms with Crippen LogP contribution in [0.5, 0.6) is 0 Å². The number of nitrogens with zero attached hydrogens (tertiary/aromatic N) is 1. The van der Waals surface area contributed by atoms with Crippen LogP contribution in [0.25, 0.3) is 0 Å². The molecule has 0 saturated heterocycles. The molecule has 0 radical (unpaired) electrons. The van der Waals surface area contributed by atoms with Gasteiger partial charge in [-0.2, -0.15) is 13.2 Å². The Morgan fingerprint density at radius 3 is 2.20 bits per heavy atom. The van der Waals surface area contributed by atoms with E-state index in [1.165, 1.54) is 23.1 Å². The first kappa shape index (κ1) is 14.2. The van der Waals surface area contributed by atoms with Crippen LogP contribution in [-0.2, 0) is 0 Å². The molecule has 1 aromatic rings. The highest BCUT2D eigenvalue weighted by atomic mass is 19.4. The van der Waals surface area contributed by atoms with Gasteiger partial charge in [0, 0.05) is 35.6 Å². The van der Waals surface area contributed by atoms with E-state index in [-0.39, 0.29) is 31.0 Å². The third kappa shape index (κ3) is 3.04. The zero-order chi connectivity index (χ0) is 14.9. The fourth-order valence-electron chi connectivity index (χ4n) is 2.09. The largest absolute Gasteiger partial charge is 0.412 e. The predicted molar refractivity (Wildman–Crippen MR) is 69.9 cm³/mol. The van der Waals surface area contributed by atoms with E-state index in [0.29, 0.717) is 11.4 Å². The van der Waals surface area contributed by atoms with E-state index in [2.05, 4.69) is 0 Å². The average molecular weight is 285 g/mol. The second-order valence-corrected chi connectivity index (χ2v) is 4.62. The first-order valence-electron chi connectivity index (χ1n) is 5.99. The Bertz CT molecular complexity index is 546. The van der Waals surface area contributed by atoms with Crippen molar-refractivity contribution in [1.82, 2.24) is 4.90 Å². The summed E-state index contributed by atoms with van der Waals surface area (Å²) in [4.78, 5) is 13.5. The number of anilines is 2. The molecule has 1 aliphatic rings. The minimum atomic E-state index is -4.32. The summed E-state index contributed by atoms with van der Waals surface area (Å²) in [5.41, 5.74) is 11.6. The lowest BCUT2D eigenvalue weighted by atomic mass is 10.1. The van der Waals surface area contributed by atoms with Crippen molar-refractivity contribution in [2.45, 2.75) is 12.6 Å². The van der Waals surface area contributed by atoms with Gasteiger partial charge in [-0.3, -0.25) is 4.79 Å². The molecule has 20 heavy (non-hydrogen) atoms. The second-order valence-electron chi connectivity index (χ2n) is 4.62. The van der Waals surface area contributed by atoms with Crippen molar-refractivity contribution >= 4 is 17.3 Å². The maximum atomic E-state index is 12.5. The number of carbonyl (C=O) groups excluding carboxylic acids is 1. The lowest BCUT2D eigenvalue weighted by Crippen LogP contribution is -2.36. The topological polar surface area (TPSA) is 72.3 Å². The van der Waals surface area contributed by atoms with Crippen molar-refractivity contribution < 1.29 is 18.0 Å². The van der Waals surface area contributed by atoms with Crippen molar-refractivity contribution in [2.75, 3.05) is 24.6 Å². The molecular formula is C13H14F3N3O. The number of alkyl halides is 3. The summed E-state index contributed by atoms with van der Waals surface area (Å²) in [6.45, 7) is -0.0404. The second kappa shape index (κ2) is 5.07. The number of carbonyl (C=O) groups is 1. The van der Waals surface area contributed by atoms with Crippen molar-refractivity contribution in [3.8, 4) is 0 Å². The first-order valence-corrected chi connectivity index (χ1v) is 5.99. The van der Waals surface area contributed by atoms with Crippen molar-refractivity contribution in [2.24, 2.45) is 0 Å². The van der Waals surface area contributed by atoms with Gasteiger partial charge in [0.05, 0.1) is 0 Å². The fraction of sp³-hybridized carbons (Fsp3) is 0.308. The molecule has 0 atom stereocenters. The summed E-state index contributed by atoms with van der Waals surface area (Å²) in [7, 11) is 0. The Morgan fingerprint density at radius 2 is 1.75 bits per heavy atom. The molecular weight excluding hydrogens is 271 g/mol. The Balaban J connectivity index is 2.14. The molecule has 0 unspecified atom stereocenters. The predicted octanol–water partition coefficient (Wildman–Crippen LogP) is 2.19. The molecule has 7 heteroatoms. The molecule has 0 bridgehead atoms. The van der Waals surface area contributed by atoms with Gasteiger partial charge in [-0.1, -0.05) is 6.08 Å². The number of amides is 1. The summed E-state index contributed by atoms with van der Waals surface area (Å²) in [6.07, 6.45) is -3.49. The third-order valence-electron chi connectivity index (χ3n) is 3.09. The summed E-state index contributed by atoms with van der Waals surface area (Å²) >= 11 is 0. The molecule has 1 amide bonds. The van der Waals surface area contributed by atoms with E-state index in [4.69, 9.17) is 11.5 Å². The number of nitrogen functional groups attached to an aromatic ring is 2. The molecule has 2 rings (SSSR count). The van der Waals surface area contributed by atoms with E-state index in [1.54, 1.807) is 0 Å². The lowest BCUT2D eigenvalue weighted by Gasteiger charge is -2.27. The van der Waals surface area contributed by atoms with Gasteiger partial charge in [-0.05, 0) is 24.6 Å². The van der Waals surface area contributed by atoms with Gasteiger partial charge in [-0.15, -0.1) is 0 Å². The van der Waals surface area contributed by atoms with E-state index in [9.17, 15) is 18.0 Å². The summed E-state index contributed by atoms with van der Waals surface area (Å²) < 4.78 is 37.5. The molecule has 1 aromatic carbocycles. The van der Waals surface area contributed by atoms with Crippen LogP contribution >= 0.6 is 0 Å². The number of hydrogen-bond acceptors (Lipinski definition) is 3. The molecule has 0 fully saturated rings. The highest BCUT2D eigenvalue weighted by Crippen LogP contribution is 2.30. The van der Waals surface area contributed by atoms with Crippen molar-refractivity contribution in [3.05, 3.63) is 35.4 Å². The Hall–Kier alpha value is -2.18. The van der Waals surface area contributed by atoms with Gasteiger partial charge in [0.25, 0.3) is 5.91 Å². The van der Waals surface area contributed by atoms with Crippen LogP contribution in [0.3, 0.4) is 0 Å². The van der Waals surface area contributed by atoms with Crippen LogP contribution < -0.4 is 11.5 Å². The van der Waals surface area contributed by atoms with Crippen LogP contribution in [0.1, 0.15) is 16.8 Å². The average Bonchev–Trinajstić information content (AvgIpc) is 2.36. The Morgan fingerprint density at radius 1 is 1.15 bits per heavy atom. The van der Waals surface area contributed by atoms with Crippen molar-refractivity contribution in [3.63, 3.8) is 0 Å². The number of hydrogen-bond donors (Lipinski definition) is 2. The highest BCUT2D eigenvalue weighted by Gasteiger charge is 2.35. The van der Waals surface area contributed by atoms with Crippen LogP contribution in [0, 0.1) is 0 Å². The van der Waals surface area contributed by atoms with Gasteiger partial charge in [0.2, 0.25) is 0 Å². The zero-order valence-electron chi connectivity index (χ0n) is 10.6. The van der Waals surface area contributed by atoms with Gasteiger partial charge in [-0.25, -0.2) is 0 Å². The third-order valence-corrected chi connectivity index (χ3v) is 3.09. The molecule has 4 N–H and O–H groups in total. The number of halogens is 3. The molecule has 0 spiro atoms. The van der Waals surface area contributed by atoms with Crippen LogP contribution in [0.2, 0.25) is 0 Å². The van der Waals surface area contributed by atoms with Gasteiger partial charge in [0.15, 0.2) is 0 Å². The maximum Gasteiger partial charge on any atom is 0.412 e. The van der Waals surface area contributed by atoms with E-state index >= 15 is 0 Å². The minimum absolute atomic E-state index is 0.0267. The van der Waals surface area contributed by atoms with Gasteiger partial charge < -0.3 is 16.4 Å². The van der Waals surface area contributed by atoms with Crippen LogP contribution in [-0.4, -0.2) is 30.1 Å². The SMILES string of the molecule is Nc1cc(N)cc(C(=O)N2CC=C(C(F)(F)F)CC2)c1. The molecule has 1 heterocycles. The van der Waals surface area contributed by atoms with Gasteiger partial charge >= 0.3 is 6.18 Å². The van der Waals surface area contributed by atoms with E-state index in [0.717, 1.165) is 6.08 Å². The highest BCUT2D eigenvalue weighted by molar-refractivity contribution is 5.96. The first-order chi connectivity index (χ1) is 9.27. The smallest absolute Gasteiger partial charge is 0.399 e. The molecule has 0 saturated carbocycles. The van der Waals surface area contributed by atoms with Crippen molar-refractivity contribution in [1.29, 1.82) is 0 Å². The molecule has 4 nitrogen and oxygen atoms in total. The summed E-state index contributed by atoms with van der Waals surface area (Å²) in [5, 5.41) is 0. The van der Waals surface area contributed by atoms with E-state index < -0.39 is 11.7 Å². The van der Waals surface area contributed by atoms with Crippen LogP contribution in [0.15, 0.2) is 29.8 Å². The number of benzene rings is 1. The van der Waals surface area contributed by atoms with E-state index in [1.807, 2.05) is 0 Å². The van der Waals surface area contributed by atoms with Gasteiger partial charge in [0.1, 0.15) is 0 Å².